The van der Waals surface area contributed by atoms with E-state index >= 15 is 0 Å². The Labute approximate surface area is 145 Å². The first-order valence-corrected chi connectivity index (χ1v) is 7.43. The fraction of sp³-hybridized carbons (Fsp3) is 0.353. The van der Waals surface area contributed by atoms with E-state index in [-0.39, 0.29) is 28.5 Å². The highest BCUT2D eigenvalue weighted by molar-refractivity contribution is 8.93. The van der Waals surface area contributed by atoms with Crippen molar-refractivity contribution in [2.75, 3.05) is 26.2 Å². The van der Waals surface area contributed by atoms with Crippen molar-refractivity contribution >= 4 is 34.6 Å². The Hall–Kier alpha value is -1.79. The number of aliphatic hydroxyl groups is 1. The molecule has 0 radical (unpaired) electrons. The maximum atomic E-state index is 11.9. The van der Waals surface area contributed by atoms with Gasteiger partial charge < -0.3 is 14.9 Å². The van der Waals surface area contributed by atoms with Crippen molar-refractivity contribution in [3.8, 4) is 5.75 Å². The molecular formula is C17H20BrNO4. The molecule has 124 valence electrons. The lowest BCUT2D eigenvalue weighted by Crippen LogP contribution is -2.36. The van der Waals surface area contributed by atoms with Crippen LogP contribution < -0.4 is 0 Å². The summed E-state index contributed by atoms with van der Waals surface area (Å²) in [5.41, 5.74) is 3.66. The molecule has 1 aromatic carbocycles. The number of phenolic OH excluding ortho intramolecular Hbond substituents is 1. The first-order valence-electron chi connectivity index (χ1n) is 7.43. The van der Waals surface area contributed by atoms with Gasteiger partial charge in [0, 0.05) is 26.1 Å². The molecule has 0 unspecified atom stereocenters. The van der Waals surface area contributed by atoms with Gasteiger partial charge in [0.2, 0.25) is 0 Å². The summed E-state index contributed by atoms with van der Waals surface area (Å²) in [6.45, 7) is 3.81. The molecule has 2 aliphatic rings. The molecular weight excluding hydrogens is 362 g/mol. The van der Waals surface area contributed by atoms with E-state index in [1.54, 1.807) is 19.1 Å². The molecule has 0 fully saturated rings. The lowest BCUT2D eigenvalue weighted by Gasteiger charge is -2.31. The predicted molar refractivity (Wildman–Crippen MR) is 93.6 cm³/mol. The molecule has 1 aliphatic heterocycles. The zero-order valence-electron chi connectivity index (χ0n) is 12.9. The van der Waals surface area contributed by atoms with Gasteiger partial charge in [-0.2, -0.15) is 0 Å². The van der Waals surface area contributed by atoms with Gasteiger partial charge in [0.05, 0.1) is 12.2 Å². The van der Waals surface area contributed by atoms with E-state index < -0.39 is 5.97 Å². The van der Waals surface area contributed by atoms with Crippen molar-refractivity contribution in [3.63, 3.8) is 0 Å². The van der Waals surface area contributed by atoms with Gasteiger partial charge in [0.25, 0.3) is 0 Å². The van der Waals surface area contributed by atoms with E-state index in [4.69, 9.17) is 4.74 Å². The fourth-order valence-electron chi connectivity index (χ4n) is 2.85. The van der Waals surface area contributed by atoms with E-state index in [1.807, 2.05) is 6.07 Å². The molecule has 1 aromatic rings. The number of carbonyl (C=O) groups is 1. The summed E-state index contributed by atoms with van der Waals surface area (Å²) in [4.78, 5) is 14.0. The third-order valence-electron chi connectivity index (χ3n) is 4.02. The Kier molecular flexibility index (Phi) is 5.49. The summed E-state index contributed by atoms with van der Waals surface area (Å²) in [5, 5.41) is 19.4. The monoisotopic (exact) mass is 381 g/mol. The zero-order chi connectivity index (χ0) is 15.7. The zero-order valence-corrected chi connectivity index (χ0v) is 14.6. The van der Waals surface area contributed by atoms with Crippen molar-refractivity contribution < 1.29 is 19.7 Å². The van der Waals surface area contributed by atoms with Gasteiger partial charge >= 0.3 is 5.97 Å². The van der Waals surface area contributed by atoms with Crippen LogP contribution in [0.2, 0.25) is 0 Å². The molecule has 3 rings (SSSR count). The summed E-state index contributed by atoms with van der Waals surface area (Å²) in [6.07, 6.45) is 2.53. The summed E-state index contributed by atoms with van der Waals surface area (Å²) in [5.74, 6) is -0.0478. The molecule has 1 heterocycles. The van der Waals surface area contributed by atoms with Crippen molar-refractivity contribution in [2.24, 2.45) is 0 Å². The Bertz CT molecular complexity index is 681. The molecule has 5 nitrogen and oxygen atoms in total. The summed E-state index contributed by atoms with van der Waals surface area (Å²) >= 11 is 0. The fourth-order valence-corrected chi connectivity index (χ4v) is 2.85. The molecule has 2 N–H and O–H groups in total. The van der Waals surface area contributed by atoms with Crippen LogP contribution in [0.25, 0.3) is 11.6 Å². The minimum absolute atomic E-state index is 0. The van der Waals surface area contributed by atoms with Crippen LogP contribution in [-0.2, 0) is 9.53 Å². The number of ether oxygens (including phenoxy) is 1. The minimum Gasteiger partial charge on any atom is -0.512 e. The Morgan fingerprint density at radius 3 is 2.87 bits per heavy atom. The first-order chi connectivity index (χ1) is 10.6. The number of phenols is 1. The van der Waals surface area contributed by atoms with Crippen molar-refractivity contribution in [2.45, 2.75) is 13.3 Å². The van der Waals surface area contributed by atoms with Gasteiger partial charge in [-0.25, -0.2) is 4.79 Å². The van der Waals surface area contributed by atoms with Crippen molar-refractivity contribution in [3.05, 3.63) is 40.7 Å². The number of hydrogen-bond acceptors (Lipinski definition) is 5. The quantitative estimate of drug-likeness (QED) is 0.784. The Balaban J connectivity index is 0.00000192. The Morgan fingerprint density at radius 2 is 2.13 bits per heavy atom. The first kappa shape index (κ1) is 17.6. The second kappa shape index (κ2) is 7.19. The van der Waals surface area contributed by atoms with Gasteiger partial charge in [-0.3, -0.25) is 4.90 Å². The normalized spacial score (nSPS) is 16.8. The molecule has 0 atom stereocenters. The van der Waals surface area contributed by atoms with E-state index in [0.29, 0.717) is 38.2 Å². The number of aliphatic hydroxyl groups excluding tert-OH is 1. The van der Waals surface area contributed by atoms with E-state index in [0.717, 1.165) is 16.7 Å². The van der Waals surface area contributed by atoms with E-state index in [1.165, 1.54) is 0 Å². The van der Waals surface area contributed by atoms with Gasteiger partial charge in [-0.15, -0.1) is 17.0 Å². The smallest absolute Gasteiger partial charge is 0.338 e. The summed E-state index contributed by atoms with van der Waals surface area (Å²) in [6, 6.07) is 5.32. The number of fused-ring (bicyclic) bond motifs is 1. The van der Waals surface area contributed by atoms with Crippen LogP contribution in [0.4, 0.5) is 0 Å². The lowest BCUT2D eigenvalue weighted by atomic mass is 9.87. The lowest BCUT2D eigenvalue weighted by molar-refractivity contribution is -0.139. The summed E-state index contributed by atoms with van der Waals surface area (Å²) in [7, 11) is 0. The second-order valence-electron chi connectivity index (χ2n) is 5.55. The molecule has 0 spiro atoms. The number of aromatic hydroxyl groups is 1. The standard InChI is InChI=1S/C17H19NO4.BrH/c1-2-22-17(21)15-10-18(6-5-16(15)20)9-12-7-11-3-4-13(19)8-14(11)12;/h3-4,7-8,19-20H,2,5-6,9-10H2,1H3;1H. The molecule has 0 saturated heterocycles. The molecule has 0 saturated carbocycles. The maximum Gasteiger partial charge on any atom is 0.338 e. The Morgan fingerprint density at radius 1 is 1.35 bits per heavy atom. The van der Waals surface area contributed by atoms with Crippen LogP contribution in [0.5, 0.6) is 5.75 Å². The third-order valence-corrected chi connectivity index (χ3v) is 4.02. The van der Waals surface area contributed by atoms with E-state index in [9.17, 15) is 15.0 Å². The van der Waals surface area contributed by atoms with Crippen LogP contribution in [0.3, 0.4) is 0 Å². The maximum absolute atomic E-state index is 11.9. The van der Waals surface area contributed by atoms with Gasteiger partial charge in [0.15, 0.2) is 0 Å². The molecule has 0 amide bonds. The number of nitrogens with zero attached hydrogens (tertiary/aromatic N) is 1. The van der Waals surface area contributed by atoms with Crippen molar-refractivity contribution in [1.82, 2.24) is 4.90 Å². The SMILES string of the molecule is Br.CCOC(=O)C1=C(O)CCN(CC2=Cc3ccc(O)cc32)C1. The highest BCUT2D eigenvalue weighted by Crippen LogP contribution is 2.35. The number of rotatable bonds is 4. The second-order valence-corrected chi connectivity index (χ2v) is 5.55. The number of hydrogen-bond donors (Lipinski definition) is 2. The molecule has 0 aromatic heterocycles. The molecule has 6 heteroatoms. The van der Waals surface area contributed by atoms with Crippen LogP contribution in [0, 0.1) is 0 Å². The third kappa shape index (κ3) is 3.59. The van der Waals surface area contributed by atoms with Gasteiger partial charge in [-0.1, -0.05) is 6.07 Å². The number of benzene rings is 1. The number of halogens is 1. The molecule has 0 bridgehead atoms. The van der Waals surface area contributed by atoms with Gasteiger partial charge in [-0.05, 0) is 41.8 Å². The minimum atomic E-state index is -0.440. The number of carbonyl (C=O) groups excluding carboxylic acids is 1. The predicted octanol–water partition coefficient (Wildman–Crippen LogP) is 2.91. The highest BCUT2D eigenvalue weighted by Gasteiger charge is 2.27. The molecule has 1 aliphatic carbocycles. The van der Waals surface area contributed by atoms with Crippen LogP contribution in [0.15, 0.2) is 29.5 Å². The largest absolute Gasteiger partial charge is 0.512 e. The van der Waals surface area contributed by atoms with Crippen molar-refractivity contribution in [1.29, 1.82) is 0 Å². The van der Waals surface area contributed by atoms with E-state index in [2.05, 4.69) is 11.0 Å². The topological polar surface area (TPSA) is 70.0 Å². The van der Waals surface area contributed by atoms with Crippen LogP contribution in [0.1, 0.15) is 24.5 Å². The van der Waals surface area contributed by atoms with Crippen LogP contribution in [-0.4, -0.2) is 47.3 Å². The molecule has 23 heavy (non-hydrogen) atoms. The van der Waals surface area contributed by atoms with Crippen LogP contribution >= 0.6 is 17.0 Å². The number of esters is 1. The average Bonchev–Trinajstić information content (AvgIpc) is 2.48. The average molecular weight is 382 g/mol. The summed E-state index contributed by atoms with van der Waals surface area (Å²) < 4.78 is 4.99. The highest BCUT2D eigenvalue weighted by atomic mass is 79.9. The van der Waals surface area contributed by atoms with Gasteiger partial charge in [0.1, 0.15) is 11.5 Å².